The van der Waals surface area contributed by atoms with Crippen LogP contribution in [-0.2, 0) is 30.4 Å². The Balaban J connectivity index is 1.15. The number of anilines is 1. The normalized spacial score (nSPS) is 18.9. The molecule has 0 aliphatic carbocycles. The maximum absolute atomic E-state index is 15.1. The molecule has 5 rings (SSSR count). The van der Waals surface area contributed by atoms with Crippen molar-refractivity contribution in [2.24, 2.45) is 5.16 Å². The molecule has 0 radical (unpaired) electrons. The van der Waals surface area contributed by atoms with Gasteiger partial charge in [-0.25, -0.2) is 18.7 Å². The summed E-state index contributed by atoms with van der Waals surface area (Å²) in [6.45, 7) is 5.99. The third-order valence-corrected chi connectivity index (χ3v) is 6.05. The molecular formula is C27H29FN6O6. The summed E-state index contributed by atoms with van der Waals surface area (Å²) in [5, 5.41) is 11.7. The van der Waals surface area contributed by atoms with Crippen LogP contribution >= 0.6 is 0 Å². The van der Waals surface area contributed by atoms with Crippen molar-refractivity contribution in [2.45, 2.75) is 51.5 Å². The molecule has 13 heteroatoms. The number of amides is 1. The quantitative estimate of drug-likeness (QED) is 0.367. The summed E-state index contributed by atoms with van der Waals surface area (Å²) in [5.41, 5.74) is 1.95. The number of oxime groups is 1. The number of pyridine rings is 1. The van der Waals surface area contributed by atoms with Crippen LogP contribution in [0.4, 0.5) is 14.9 Å². The maximum atomic E-state index is 15.1. The summed E-state index contributed by atoms with van der Waals surface area (Å²) in [6, 6.07) is 8.06. The molecule has 2 atom stereocenters. The second kappa shape index (κ2) is 11.4. The number of benzene rings is 1. The Morgan fingerprint density at radius 2 is 2.05 bits per heavy atom. The van der Waals surface area contributed by atoms with Crippen LogP contribution in [0.1, 0.15) is 32.9 Å². The number of hydrogen-bond acceptors (Lipinski definition) is 10. The molecule has 1 saturated heterocycles. The molecule has 0 N–H and O–H groups in total. The fourth-order valence-electron chi connectivity index (χ4n) is 4.31. The van der Waals surface area contributed by atoms with Crippen molar-refractivity contribution in [3.8, 4) is 11.1 Å². The third-order valence-electron chi connectivity index (χ3n) is 6.05. The molecule has 0 bridgehead atoms. The Kier molecular flexibility index (Phi) is 7.74. The lowest BCUT2D eigenvalue weighted by Crippen LogP contribution is -2.28. The Bertz CT molecular complexity index is 1390. The van der Waals surface area contributed by atoms with E-state index in [0.29, 0.717) is 41.2 Å². The van der Waals surface area contributed by atoms with E-state index in [0.717, 1.165) is 0 Å². The SMILES string of the molecule is CC(C)(C)OC(=O)COCC1CC(c2ccc(-c3ccc(N4CC(Cn5ccnn5)OC4=O)cc3F)cn2)=NO1. The van der Waals surface area contributed by atoms with Gasteiger partial charge in [-0.2, -0.15) is 0 Å². The Hall–Kier alpha value is -4.39. The van der Waals surface area contributed by atoms with Gasteiger partial charge in [0.2, 0.25) is 0 Å². The number of nitrogens with zero attached hydrogens (tertiary/aromatic N) is 6. The Labute approximate surface area is 229 Å². The van der Waals surface area contributed by atoms with Crippen molar-refractivity contribution < 1.29 is 33.0 Å². The van der Waals surface area contributed by atoms with Crippen molar-refractivity contribution in [2.75, 3.05) is 24.7 Å². The predicted molar refractivity (Wildman–Crippen MR) is 140 cm³/mol. The van der Waals surface area contributed by atoms with Crippen molar-refractivity contribution in [3.05, 3.63) is 60.4 Å². The summed E-state index contributed by atoms with van der Waals surface area (Å²) in [7, 11) is 0. The number of rotatable bonds is 9. The molecule has 12 nitrogen and oxygen atoms in total. The van der Waals surface area contributed by atoms with Gasteiger partial charge < -0.3 is 19.0 Å². The van der Waals surface area contributed by atoms with E-state index in [4.69, 9.17) is 19.0 Å². The highest BCUT2D eigenvalue weighted by molar-refractivity contribution is 5.99. The monoisotopic (exact) mass is 552 g/mol. The van der Waals surface area contributed by atoms with E-state index < -0.39 is 29.6 Å². The van der Waals surface area contributed by atoms with Gasteiger partial charge in [0, 0.05) is 29.9 Å². The number of aromatic nitrogens is 4. The number of ether oxygens (including phenoxy) is 3. The minimum Gasteiger partial charge on any atom is -0.458 e. The van der Waals surface area contributed by atoms with E-state index in [2.05, 4.69) is 20.5 Å². The number of hydrogen-bond donors (Lipinski definition) is 0. The van der Waals surface area contributed by atoms with Gasteiger partial charge in [0.1, 0.15) is 29.8 Å². The van der Waals surface area contributed by atoms with Crippen LogP contribution in [0.25, 0.3) is 11.1 Å². The summed E-state index contributed by atoms with van der Waals surface area (Å²) in [6.07, 6.45) is 3.91. The number of halogens is 1. The molecule has 40 heavy (non-hydrogen) atoms. The van der Waals surface area contributed by atoms with E-state index in [1.54, 1.807) is 68.3 Å². The number of carbonyl (C=O) groups is 2. The summed E-state index contributed by atoms with van der Waals surface area (Å²) < 4.78 is 32.7. The van der Waals surface area contributed by atoms with Gasteiger partial charge in [0.15, 0.2) is 6.10 Å². The van der Waals surface area contributed by atoms with E-state index in [-0.39, 0.29) is 25.9 Å². The molecule has 0 saturated carbocycles. The first-order chi connectivity index (χ1) is 19.1. The Morgan fingerprint density at radius 3 is 2.75 bits per heavy atom. The highest BCUT2D eigenvalue weighted by Gasteiger charge is 2.33. The second-order valence-electron chi connectivity index (χ2n) is 10.4. The Morgan fingerprint density at radius 1 is 1.20 bits per heavy atom. The van der Waals surface area contributed by atoms with Crippen molar-refractivity contribution in [1.29, 1.82) is 0 Å². The van der Waals surface area contributed by atoms with Gasteiger partial charge in [-0.05, 0) is 45.0 Å². The van der Waals surface area contributed by atoms with Crippen LogP contribution in [0.2, 0.25) is 0 Å². The highest BCUT2D eigenvalue weighted by Crippen LogP contribution is 2.29. The molecule has 1 fully saturated rings. The zero-order chi connectivity index (χ0) is 28.3. The minimum absolute atomic E-state index is 0.174. The molecule has 210 valence electrons. The van der Waals surface area contributed by atoms with E-state index in [9.17, 15) is 9.59 Å². The summed E-state index contributed by atoms with van der Waals surface area (Å²) in [4.78, 5) is 35.4. The van der Waals surface area contributed by atoms with Crippen molar-refractivity contribution >= 4 is 23.5 Å². The number of carbonyl (C=O) groups excluding carboxylic acids is 2. The van der Waals surface area contributed by atoms with E-state index in [1.807, 2.05) is 0 Å². The molecule has 2 aliphatic heterocycles. The largest absolute Gasteiger partial charge is 0.458 e. The lowest BCUT2D eigenvalue weighted by molar-refractivity contribution is -0.161. The molecule has 0 spiro atoms. The first kappa shape index (κ1) is 27.2. The van der Waals surface area contributed by atoms with Crippen LogP contribution < -0.4 is 4.90 Å². The molecule has 2 aromatic heterocycles. The highest BCUT2D eigenvalue weighted by atomic mass is 19.1. The minimum atomic E-state index is -0.575. The first-order valence-corrected chi connectivity index (χ1v) is 12.8. The first-order valence-electron chi connectivity index (χ1n) is 12.8. The average Bonchev–Trinajstić information content (AvgIpc) is 3.65. The molecule has 2 unspecified atom stereocenters. The molecule has 1 aromatic carbocycles. The molecule has 1 amide bonds. The molecule has 3 aromatic rings. The van der Waals surface area contributed by atoms with E-state index in [1.165, 1.54) is 11.0 Å². The van der Waals surface area contributed by atoms with Crippen molar-refractivity contribution in [1.82, 2.24) is 20.0 Å². The van der Waals surface area contributed by atoms with Gasteiger partial charge in [-0.3, -0.25) is 9.88 Å². The summed E-state index contributed by atoms with van der Waals surface area (Å²) >= 11 is 0. The van der Waals surface area contributed by atoms with Gasteiger partial charge >= 0.3 is 12.1 Å². The maximum Gasteiger partial charge on any atom is 0.414 e. The second-order valence-corrected chi connectivity index (χ2v) is 10.4. The number of cyclic esters (lactones) is 1. The predicted octanol–water partition coefficient (Wildman–Crippen LogP) is 3.36. The van der Waals surface area contributed by atoms with Crippen LogP contribution in [0.15, 0.2) is 54.1 Å². The van der Waals surface area contributed by atoms with Gasteiger partial charge in [-0.1, -0.05) is 16.4 Å². The van der Waals surface area contributed by atoms with Crippen LogP contribution in [0.3, 0.4) is 0 Å². The lowest BCUT2D eigenvalue weighted by Gasteiger charge is -2.19. The summed E-state index contributed by atoms with van der Waals surface area (Å²) in [5.74, 6) is -0.944. The third kappa shape index (κ3) is 6.60. The van der Waals surface area contributed by atoms with E-state index >= 15 is 4.39 Å². The topological polar surface area (TPSA) is 130 Å². The fraction of sp³-hybridized carbons (Fsp3) is 0.407. The lowest BCUT2D eigenvalue weighted by atomic mass is 10.0. The molecule has 2 aliphatic rings. The average molecular weight is 553 g/mol. The fourth-order valence-corrected chi connectivity index (χ4v) is 4.31. The van der Waals surface area contributed by atoms with Crippen molar-refractivity contribution in [3.63, 3.8) is 0 Å². The molecule has 4 heterocycles. The van der Waals surface area contributed by atoms with Gasteiger partial charge in [-0.15, -0.1) is 5.10 Å². The smallest absolute Gasteiger partial charge is 0.414 e. The zero-order valence-electron chi connectivity index (χ0n) is 22.3. The molecular weight excluding hydrogens is 523 g/mol. The van der Waals surface area contributed by atoms with Crippen LogP contribution in [-0.4, -0.2) is 75.3 Å². The van der Waals surface area contributed by atoms with Crippen LogP contribution in [0, 0.1) is 5.82 Å². The standard InChI is InChI=1S/C27H29FN6O6/c1-27(2,3)39-25(35)16-37-15-19-11-24(31-40-19)23-7-4-17(12-29-23)21-6-5-18(10-22(21)28)34-14-20(38-26(34)36)13-33-9-8-30-32-33/h4-10,12,19-20H,11,13-16H2,1-3H3. The van der Waals surface area contributed by atoms with Gasteiger partial charge in [0.25, 0.3) is 0 Å². The van der Waals surface area contributed by atoms with Crippen LogP contribution in [0.5, 0.6) is 0 Å². The zero-order valence-corrected chi connectivity index (χ0v) is 22.3. The van der Waals surface area contributed by atoms with Gasteiger partial charge in [0.05, 0.1) is 37.3 Å². The number of esters is 1.